The van der Waals surface area contributed by atoms with Gasteiger partial charge in [-0.3, -0.25) is 4.79 Å². The standard InChI is InChI=1S/C16H22O3/c1-18-14-8-6-13(7-9-14)12-16(15(17)19-2)10-4-3-5-11-16/h6-9H,3-5,10-12H2,1-2H3. The Balaban J connectivity index is 2.17. The predicted octanol–water partition coefficient (Wildman–Crippen LogP) is 3.36. The molecular formula is C16H22O3. The van der Waals surface area contributed by atoms with E-state index in [4.69, 9.17) is 9.47 Å². The van der Waals surface area contributed by atoms with Crippen LogP contribution >= 0.6 is 0 Å². The zero-order valence-corrected chi connectivity index (χ0v) is 11.8. The first-order valence-corrected chi connectivity index (χ1v) is 6.91. The van der Waals surface area contributed by atoms with E-state index in [1.54, 1.807) is 7.11 Å². The lowest BCUT2D eigenvalue weighted by Gasteiger charge is -2.34. The molecule has 19 heavy (non-hydrogen) atoms. The van der Waals surface area contributed by atoms with Gasteiger partial charge in [-0.25, -0.2) is 0 Å². The molecule has 1 aromatic rings. The van der Waals surface area contributed by atoms with Crippen molar-refractivity contribution in [1.29, 1.82) is 0 Å². The maximum atomic E-state index is 12.2. The molecule has 0 radical (unpaired) electrons. The Morgan fingerprint density at radius 1 is 1.11 bits per heavy atom. The van der Waals surface area contributed by atoms with Gasteiger partial charge in [0.2, 0.25) is 0 Å². The number of hydrogen-bond acceptors (Lipinski definition) is 3. The first-order valence-electron chi connectivity index (χ1n) is 6.91. The summed E-state index contributed by atoms with van der Waals surface area (Å²) in [7, 11) is 3.15. The minimum Gasteiger partial charge on any atom is -0.497 e. The molecule has 0 saturated heterocycles. The van der Waals surface area contributed by atoms with Crippen LogP contribution in [0.3, 0.4) is 0 Å². The SMILES string of the molecule is COC(=O)C1(Cc2ccc(OC)cc2)CCCCC1. The van der Waals surface area contributed by atoms with Crippen LogP contribution in [0.4, 0.5) is 0 Å². The highest BCUT2D eigenvalue weighted by Gasteiger charge is 2.40. The lowest BCUT2D eigenvalue weighted by molar-refractivity contribution is -0.154. The molecule has 0 bridgehead atoms. The average molecular weight is 262 g/mol. The molecule has 2 rings (SSSR count). The fourth-order valence-corrected chi connectivity index (χ4v) is 3.03. The lowest BCUT2D eigenvalue weighted by Crippen LogP contribution is -2.36. The van der Waals surface area contributed by atoms with Crippen LogP contribution in [0, 0.1) is 5.41 Å². The summed E-state index contributed by atoms with van der Waals surface area (Å²) in [6, 6.07) is 7.97. The Bertz CT molecular complexity index is 416. The van der Waals surface area contributed by atoms with E-state index in [0.29, 0.717) is 0 Å². The Morgan fingerprint density at radius 2 is 1.74 bits per heavy atom. The molecule has 104 valence electrons. The Kier molecular flexibility index (Phi) is 4.46. The fraction of sp³-hybridized carbons (Fsp3) is 0.562. The van der Waals surface area contributed by atoms with Crippen molar-refractivity contribution in [3.63, 3.8) is 0 Å². The molecule has 3 nitrogen and oxygen atoms in total. The molecule has 0 heterocycles. The van der Waals surface area contributed by atoms with Crippen LogP contribution < -0.4 is 4.74 Å². The van der Waals surface area contributed by atoms with E-state index < -0.39 is 0 Å². The van der Waals surface area contributed by atoms with Gasteiger partial charge in [-0.2, -0.15) is 0 Å². The molecule has 1 fully saturated rings. The van der Waals surface area contributed by atoms with E-state index in [-0.39, 0.29) is 11.4 Å². The highest BCUT2D eigenvalue weighted by Crippen LogP contribution is 2.40. The minimum absolute atomic E-state index is 0.0528. The number of rotatable bonds is 4. The summed E-state index contributed by atoms with van der Waals surface area (Å²) >= 11 is 0. The average Bonchev–Trinajstić information content (AvgIpc) is 2.48. The minimum atomic E-state index is -0.318. The van der Waals surface area contributed by atoms with Crippen molar-refractivity contribution in [2.45, 2.75) is 38.5 Å². The van der Waals surface area contributed by atoms with Crippen molar-refractivity contribution < 1.29 is 14.3 Å². The van der Waals surface area contributed by atoms with Crippen LogP contribution in [0.1, 0.15) is 37.7 Å². The van der Waals surface area contributed by atoms with Gasteiger partial charge in [-0.15, -0.1) is 0 Å². The lowest BCUT2D eigenvalue weighted by atomic mass is 9.70. The smallest absolute Gasteiger partial charge is 0.312 e. The van der Waals surface area contributed by atoms with Crippen LogP contribution in [0.2, 0.25) is 0 Å². The Morgan fingerprint density at radius 3 is 2.26 bits per heavy atom. The Labute approximate surface area is 114 Å². The summed E-state index contributed by atoms with van der Waals surface area (Å²) < 4.78 is 10.2. The number of carbonyl (C=O) groups excluding carboxylic acids is 1. The van der Waals surface area contributed by atoms with Crippen molar-refractivity contribution in [3.05, 3.63) is 29.8 Å². The number of carbonyl (C=O) groups is 1. The maximum Gasteiger partial charge on any atom is 0.312 e. The quantitative estimate of drug-likeness (QED) is 0.780. The molecule has 0 amide bonds. The monoisotopic (exact) mass is 262 g/mol. The normalized spacial score (nSPS) is 17.8. The van der Waals surface area contributed by atoms with Gasteiger partial charge in [0.05, 0.1) is 19.6 Å². The van der Waals surface area contributed by atoms with Gasteiger partial charge in [-0.1, -0.05) is 31.4 Å². The van der Waals surface area contributed by atoms with Crippen LogP contribution in [0.5, 0.6) is 5.75 Å². The van der Waals surface area contributed by atoms with Gasteiger partial charge >= 0.3 is 5.97 Å². The molecular weight excluding hydrogens is 240 g/mol. The fourth-order valence-electron chi connectivity index (χ4n) is 3.03. The second kappa shape index (κ2) is 6.09. The molecule has 0 N–H and O–H groups in total. The molecule has 3 heteroatoms. The van der Waals surface area contributed by atoms with Crippen LogP contribution in [0.15, 0.2) is 24.3 Å². The molecule has 1 aliphatic carbocycles. The molecule has 1 aromatic carbocycles. The number of methoxy groups -OCH3 is 2. The van der Waals surface area contributed by atoms with E-state index in [0.717, 1.165) is 37.9 Å². The highest BCUT2D eigenvalue weighted by atomic mass is 16.5. The van der Waals surface area contributed by atoms with Gasteiger partial charge in [0, 0.05) is 0 Å². The molecule has 0 aromatic heterocycles. The summed E-state index contributed by atoms with van der Waals surface area (Å²) in [6.45, 7) is 0. The highest BCUT2D eigenvalue weighted by molar-refractivity contribution is 5.77. The van der Waals surface area contributed by atoms with Gasteiger partial charge in [0.15, 0.2) is 0 Å². The van der Waals surface area contributed by atoms with Gasteiger partial charge in [-0.05, 0) is 37.0 Å². The third kappa shape index (κ3) is 3.09. The Hall–Kier alpha value is -1.51. The van der Waals surface area contributed by atoms with Gasteiger partial charge in [0.25, 0.3) is 0 Å². The second-order valence-electron chi connectivity index (χ2n) is 5.36. The topological polar surface area (TPSA) is 35.5 Å². The van der Waals surface area contributed by atoms with Crippen molar-refractivity contribution in [2.24, 2.45) is 5.41 Å². The van der Waals surface area contributed by atoms with Gasteiger partial charge in [0.1, 0.15) is 5.75 Å². The zero-order valence-electron chi connectivity index (χ0n) is 11.8. The molecule has 1 aliphatic rings. The first-order chi connectivity index (χ1) is 9.20. The van der Waals surface area contributed by atoms with E-state index in [2.05, 4.69) is 0 Å². The van der Waals surface area contributed by atoms with Crippen LogP contribution in [0.25, 0.3) is 0 Å². The summed E-state index contributed by atoms with van der Waals surface area (Å²) in [4.78, 5) is 12.2. The summed E-state index contributed by atoms with van der Waals surface area (Å²) in [5.74, 6) is 0.794. The van der Waals surface area contributed by atoms with E-state index in [9.17, 15) is 4.79 Å². The van der Waals surface area contributed by atoms with E-state index >= 15 is 0 Å². The number of ether oxygens (including phenoxy) is 2. The number of esters is 1. The van der Waals surface area contributed by atoms with E-state index in [1.165, 1.54) is 19.1 Å². The van der Waals surface area contributed by atoms with E-state index in [1.807, 2.05) is 24.3 Å². The summed E-state index contributed by atoms with van der Waals surface area (Å²) in [5.41, 5.74) is 0.856. The van der Waals surface area contributed by atoms with Gasteiger partial charge < -0.3 is 9.47 Å². The number of hydrogen-bond donors (Lipinski definition) is 0. The summed E-state index contributed by atoms with van der Waals surface area (Å²) in [5, 5.41) is 0. The van der Waals surface area contributed by atoms with Crippen LogP contribution in [-0.2, 0) is 16.0 Å². The van der Waals surface area contributed by atoms with Crippen LogP contribution in [-0.4, -0.2) is 20.2 Å². The largest absolute Gasteiger partial charge is 0.497 e. The molecule has 0 atom stereocenters. The van der Waals surface area contributed by atoms with Crippen molar-refractivity contribution in [1.82, 2.24) is 0 Å². The molecule has 0 aliphatic heterocycles. The molecule has 0 unspecified atom stereocenters. The first kappa shape index (κ1) is 13.9. The number of benzene rings is 1. The third-order valence-electron chi connectivity index (χ3n) is 4.13. The van der Waals surface area contributed by atoms with Crippen molar-refractivity contribution in [3.8, 4) is 5.75 Å². The predicted molar refractivity (Wildman–Crippen MR) is 74.2 cm³/mol. The maximum absolute atomic E-state index is 12.2. The van der Waals surface area contributed by atoms with Crippen molar-refractivity contribution >= 4 is 5.97 Å². The third-order valence-corrected chi connectivity index (χ3v) is 4.13. The second-order valence-corrected chi connectivity index (χ2v) is 5.36. The molecule has 0 spiro atoms. The summed E-state index contributed by atoms with van der Waals surface area (Å²) in [6.07, 6.45) is 6.10. The zero-order chi connectivity index (χ0) is 13.7. The van der Waals surface area contributed by atoms with Crippen molar-refractivity contribution in [2.75, 3.05) is 14.2 Å². The molecule has 1 saturated carbocycles.